The van der Waals surface area contributed by atoms with Gasteiger partial charge in [0.25, 0.3) is 0 Å². The van der Waals surface area contributed by atoms with Gasteiger partial charge < -0.3 is 30.6 Å². The van der Waals surface area contributed by atoms with Crippen molar-refractivity contribution in [1.29, 1.82) is 0 Å². The standard InChI is InChI=1S/C30H36N4O6/c1-19(28-22(35)7-4-8-23(28)36)31-13-16-34(17-14-32-20(2)29-24(37)9-5-10-25(29)38)18-15-33-21(3)30-26(39)11-6-12-27(30)40/h4-12,35-40H,13-18H2,1-3H3. The van der Waals surface area contributed by atoms with Crippen LogP contribution >= 0.6 is 0 Å². The van der Waals surface area contributed by atoms with E-state index in [4.69, 9.17) is 0 Å². The Kier molecular flexibility index (Phi) is 10.5. The fourth-order valence-electron chi connectivity index (χ4n) is 4.35. The first kappa shape index (κ1) is 30.0. The van der Waals surface area contributed by atoms with E-state index in [2.05, 4.69) is 19.9 Å². The lowest BCUT2D eigenvalue weighted by molar-refractivity contribution is 0.298. The smallest absolute Gasteiger partial charge is 0.128 e. The van der Waals surface area contributed by atoms with Gasteiger partial charge in [0.1, 0.15) is 34.5 Å². The van der Waals surface area contributed by atoms with E-state index >= 15 is 0 Å². The van der Waals surface area contributed by atoms with Crippen molar-refractivity contribution in [3.63, 3.8) is 0 Å². The molecule has 3 aromatic carbocycles. The minimum atomic E-state index is -0.0486. The highest BCUT2D eigenvalue weighted by atomic mass is 16.3. The van der Waals surface area contributed by atoms with Gasteiger partial charge in [-0.1, -0.05) is 18.2 Å². The van der Waals surface area contributed by atoms with Gasteiger partial charge in [-0.3, -0.25) is 19.9 Å². The number of phenols is 6. The molecule has 10 heteroatoms. The molecule has 0 aliphatic carbocycles. The predicted molar refractivity (Wildman–Crippen MR) is 157 cm³/mol. The second kappa shape index (κ2) is 14.0. The quantitative estimate of drug-likeness (QED) is 0.186. The molecule has 0 atom stereocenters. The summed E-state index contributed by atoms with van der Waals surface area (Å²) in [5, 5.41) is 60.7. The van der Waals surface area contributed by atoms with E-state index in [9.17, 15) is 30.6 Å². The zero-order valence-electron chi connectivity index (χ0n) is 22.9. The molecule has 0 aromatic heterocycles. The topological polar surface area (TPSA) is 162 Å². The molecule has 0 heterocycles. The highest BCUT2D eigenvalue weighted by Gasteiger charge is 2.13. The summed E-state index contributed by atoms with van der Waals surface area (Å²) in [6.07, 6.45) is 0. The second-order valence-electron chi connectivity index (χ2n) is 9.26. The summed E-state index contributed by atoms with van der Waals surface area (Å²) in [6.45, 7) is 7.88. The van der Waals surface area contributed by atoms with Crippen LogP contribution in [-0.4, -0.2) is 91.9 Å². The maximum absolute atomic E-state index is 10.1. The molecule has 0 bridgehead atoms. The van der Waals surface area contributed by atoms with Gasteiger partial charge in [0.2, 0.25) is 0 Å². The van der Waals surface area contributed by atoms with Gasteiger partial charge in [-0.2, -0.15) is 0 Å². The van der Waals surface area contributed by atoms with E-state index < -0.39 is 0 Å². The maximum atomic E-state index is 10.1. The van der Waals surface area contributed by atoms with E-state index in [1.54, 1.807) is 39.0 Å². The monoisotopic (exact) mass is 548 g/mol. The molecule has 0 amide bonds. The molecule has 0 radical (unpaired) electrons. The number of aliphatic imine (C=N–C) groups is 3. The average Bonchev–Trinajstić information content (AvgIpc) is 2.88. The lowest BCUT2D eigenvalue weighted by Gasteiger charge is -2.20. The Hall–Kier alpha value is -4.57. The molecule has 3 rings (SSSR count). The first-order valence-electron chi connectivity index (χ1n) is 12.9. The summed E-state index contributed by atoms with van der Waals surface area (Å²) in [5.74, 6) is -0.291. The number of benzene rings is 3. The van der Waals surface area contributed by atoms with Crippen molar-refractivity contribution in [3.05, 3.63) is 71.3 Å². The zero-order valence-corrected chi connectivity index (χ0v) is 22.9. The largest absolute Gasteiger partial charge is 0.507 e. The molecule has 6 N–H and O–H groups in total. The van der Waals surface area contributed by atoms with Crippen LogP contribution in [0.2, 0.25) is 0 Å². The molecular formula is C30H36N4O6. The molecule has 0 aliphatic rings. The Morgan fingerprint density at radius 1 is 0.475 bits per heavy atom. The Balaban J connectivity index is 1.72. The van der Waals surface area contributed by atoms with Crippen molar-refractivity contribution in [2.45, 2.75) is 20.8 Å². The molecule has 3 aromatic rings. The van der Waals surface area contributed by atoms with Gasteiger partial charge in [-0.15, -0.1) is 0 Å². The van der Waals surface area contributed by atoms with Gasteiger partial charge in [-0.25, -0.2) is 0 Å². The van der Waals surface area contributed by atoms with Crippen LogP contribution in [0.1, 0.15) is 37.5 Å². The SMILES string of the molecule is CC(=NCCN(CCN=C(C)c1c(O)cccc1O)CCN=C(C)c1c(O)cccc1O)c1c(O)cccc1O. The summed E-state index contributed by atoms with van der Waals surface area (Å²) in [7, 11) is 0. The summed E-state index contributed by atoms with van der Waals surface area (Å²) in [4.78, 5) is 15.7. The summed E-state index contributed by atoms with van der Waals surface area (Å²) in [5.41, 5.74) is 2.38. The van der Waals surface area contributed by atoms with Crippen LogP contribution in [0.15, 0.2) is 69.6 Å². The molecule has 0 saturated heterocycles. The van der Waals surface area contributed by atoms with E-state index in [0.717, 1.165) is 0 Å². The Labute approximate surface area is 233 Å². The molecule has 0 unspecified atom stereocenters. The Morgan fingerprint density at radius 2 is 0.700 bits per heavy atom. The molecule has 40 heavy (non-hydrogen) atoms. The third-order valence-corrected chi connectivity index (χ3v) is 6.44. The van der Waals surface area contributed by atoms with Gasteiger partial charge in [-0.05, 0) is 57.2 Å². The van der Waals surface area contributed by atoms with Gasteiger partial charge in [0, 0.05) is 36.8 Å². The van der Waals surface area contributed by atoms with Crippen LogP contribution in [0.5, 0.6) is 34.5 Å². The van der Waals surface area contributed by atoms with Crippen LogP contribution < -0.4 is 0 Å². The third kappa shape index (κ3) is 7.73. The number of nitrogens with zero attached hydrogens (tertiary/aromatic N) is 4. The third-order valence-electron chi connectivity index (χ3n) is 6.44. The minimum absolute atomic E-state index is 0.0486. The van der Waals surface area contributed by atoms with Crippen LogP contribution in [0.3, 0.4) is 0 Å². The summed E-state index contributed by atoms with van der Waals surface area (Å²) >= 11 is 0. The minimum Gasteiger partial charge on any atom is -0.507 e. The van der Waals surface area contributed by atoms with Crippen molar-refractivity contribution in [2.75, 3.05) is 39.3 Å². The van der Waals surface area contributed by atoms with Crippen LogP contribution in [0, 0.1) is 0 Å². The zero-order chi connectivity index (χ0) is 29.2. The molecular weight excluding hydrogens is 512 g/mol. The van der Waals surface area contributed by atoms with Crippen molar-refractivity contribution >= 4 is 17.1 Å². The first-order chi connectivity index (χ1) is 19.1. The fraction of sp³-hybridized carbons (Fsp3) is 0.300. The average molecular weight is 549 g/mol. The van der Waals surface area contributed by atoms with E-state index in [-0.39, 0.29) is 34.5 Å². The second-order valence-corrected chi connectivity index (χ2v) is 9.26. The lowest BCUT2D eigenvalue weighted by Crippen LogP contribution is -2.32. The molecule has 0 saturated carbocycles. The van der Waals surface area contributed by atoms with Crippen molar-refractivity contribution in [1.82, 2.24) is 4.90 Å². The van der Waals surface area contributed by atoms with Gasteiger partial charge >= 0.3 is 0 Å². The number of aromatic hydroxyl groups is 6. The van der Waals surface area contributed by atoms with Crippen molar-refractivity contribution in [2.24, 2.45) is 15.0 Å². The molecule has 0 spiro atoms. The van der Waals surface area contributed by atoms with E-state index in [1.807, 2.05) is 0 Å². The molecule has 0 fully saturated rings. The molecule has 10 nitrogen and oxygen atoms in total. The Morgan fingerprint density at radius 3 is 0.925 bits per heavy atom. The highest BCUT2D eigenvalue weighted by molar-refractivity contribution is 6.04. The number of hydrogen-bond donors (Lipinski definition) is 6. The summed E-state index contributed by atoms with van der Waals surface area (Å²) in [6, 6.07) is 13.6. The van der Waals surface area contributed by atoms with E-state index in [1.165, 1.54) is 36.4 Å². The number of phenolic OH excluding ortho intramolecular Hbond substituents is 6. The normalized spacial score (nSPS) is 12.8. The molecule has 212 valence electrons. The van der Waals surface area contributed by atoms with Crippen LogP contribution in [0.4, 0.5) is 0 Å². The fourth-order valence-corrected chi connectivity index (χ4v) is 4.35. The van der Waals surface area contributed by atoms with Crippen LogP contribution in [-0.2, 0) is 0 Å². The Bertz CT molecular complexity index is 1190. The van der Waals surface area contributed by atoms with E-state index in [0.29, 0.717) is 73.1 Å². The predicted octanol–water partition coefficient (Wildman–Crippen LogP) is 4.05. The van der Waals surface area contributed by atoms with Crippen molar-refractivity contribution in [3.8, 4) is 34.5 Å². The first-order valence-corrected chi connectivity index (χ1v) is 12.9. The van der Waals surface area contributed by atoms with Crippen LogP contribution in [0.25, 0.3) is 0 Å². The van der Waals surface area contributed by atoms with Gasteiger partial charge in [0.05, 0.1) is 36.3 Å². The highest BCUT2D eigenvalue weighted by Crippen LogP contribution is 2.28. The lowest BCUT2D eigenvalue weighted by atomic mass is 10.1. The maximum Gasteiger partial charge on any atom is 0.128 e. The molecule has 0 aliphatic heterocycles. The van der Waals surface area contributed by atoms with Gasteiger partial charge in [0.15, 0.2) is 0 Å². The number of rotatable bonds is 12. The number of hydrogen-bond acceptors (Lipinski definition) is 10. The van der Waals surface area contributed by atoms with Crippen molar-refractivity contribution < 1.29 is 30.6 Å². The summed E-state index contributed by atoms with van der Waals surface area (Å²) < 4.78 is 0.